The van der Waals surface area contributed by atoms with Gasteiger partial charge in [-0.05, 0) is 19.1 Å². The number of thioether (sulfide) groups is 1. The molecule has 0 fully saturated rings. The number of likely N-dealkylation sites (N-methyl/N-ethyl adjacent to an activating group) is 1. The van der Waals surface area contributed by atoms with Gasteiger partial charge >= 0.3 is 0 Å². The average Bonchev–Trinajstić information content (AvgIpc) is 2.54. The molecule has 6 heteroatoms. The van der Waals surface area contributed by atoms with Crippen molar-refractivity contribution in [3.05, 3.63) is 42.5 Å². The van der Waals surface area contributed by atoms with Crippen LogP contribution < -0.4 is 10.6 Å². The van der Waals surface area contributed by atoms with Crippen molar-refractivity contribution in [3.63, 3.8) is 0 Å². The summed E-state index contributed by atoms with van der Waals surface area (Å²) in [4.78, 5) is 18.8. The van der Waals surface area contributed by atoms with Crippen LogP contribution in [0.1, 0.15) is 13.8 Å². The number of aliphatic imine (C=N–C) groups is 1. The molecule has 0 bridgehead atoms. The Bertz CT molecular complexity index is 557. The van der Waals surface area contributed by atoms with E-state index in [4.69, 9.17) is 0 Å². The highest BCUT2D eigenvalue weighted by atomic mass is 32.2. The van der Waals surface area contributed by atoms with Gasteiger partial charge in [0.1, 0.15) is 6.54 Å². The molecule has 0 spiro atoms. The Kier molecular flexibility index (Phi) is 9.01. The smallest absolute Gasteiger partial charge is 0.243 e. The van der Waals surface area contributed by atoms with Crippen molar-refractivity contribution in [2.24, 2.45) is 4.99 Å². The second kappa shape index (κ2) is 10.8. The van der Waals surface area contributed by atoms with E-state index in [1.807, 2.05) is 25.1 Å². The van der Waals surface area contributed by atoms with Gasteiger partial charge in [-0.2, -0.15) is 0 Å². The second-order valence-corrected chi connectivity index (χ2v) is 7.40. The van der Waals surface area contributed by atoms with E-state index in [9.17, 15) is 4.79 Å². The highest BCUT2D eigenvalue weighted by Gasteiger charge is 2.08. The molecule has 0 saturated heterocycles. The fraction of sp³-hybridized carbons (Fsp3) is 0.444. The summed E-state index contributed by atoms with van der Waals surface area (Å²) in [5.41, 5.74) is 1.01. The van der Waals surface area contributed by atoms with Crippen molar-refractivity contribution in [1.29, 1.82) is 0 Å². The lowest BCUT2D eigenvalue weighted by Crippen LogP contribution is -2.41. The van der Waals surface area contributed by atoms with Crippen LogP contribution in [-0.2, 0) is 4.79 Å². The largest absolute Gasteiger partial charge is 0.355 e. The molecule has 132 valence electrons. The van der Waals surface area contributed by atoms with Crippen LogP contribution in [0.5, 0.6) is 0 Å². The Labute approximate surface area is 149 Å². The van der Waals surface area contributed by atoms with Gasteiger partial charge in [0.05, 0.1) is 0 Å². The summed E-state index contributed by atoms with van der Waals surface area (Å²) in [5.74, 6) is 0.604. The minimum absolute atomic E-state index is 0.0295. The van der Waals surface area contributed by atoms with Crippen LogP contribution >= 0.6 is 11.8 Å². The summed E-state index contributed by atoms with van der Waals surface area (Å²) in [6, 6.07) is 10.3. The molecule has 0 aliphatic carbocycles. The number of benzene rings is 1. The number of amides is 1. The van der Waals surface area contributed by atoms with Gasteiger partial charge in [0.15, 0.2) is 5.96 Å². The van der Waals surface area contributed by atoms with Crippen molar-refractivity contribution in [3.8, 4) is 0 Å². The quantitative estimate of drug-likeness (QED) is 0.328. The van der Waals surface area contributed by atoms with Crippen molar-refractivity contribution >= 4 is 23.6 Å². The Morgan fingerprint density at radius 2 is 1.96 bits per heavy atom. The Balaban J connectivity index is 2.55. The first kappa shape index (κ1) is 20.1. The van der Waals surface area contributed by atoms with E-state index in [0.29, 0.717) is 17.8 Å². The molecule has 5 nitrogen and oxygen atoms in total. The maximum absolute atomic E-state index is 11.7. The molecule has 1 aromatic carbocycles. The molecular formula is C18H28N4OS. The molecule has 0 aliphatic rings. The lowest BCUT2D eigenvalue weighted by atomic mass is 10.3. The van der Waals surface area contributed by atoms with Crippen molar-refractivity contribution in [2.45, 2.75) is 24.0 Å². The summed E-state index contributed by atoms with van der Waals surface area (Å²) >= 11 is 1.80. The van der Waals surface area contributed by atoms with Crippen LogP contribution in [-0.4, -0.2) is 55.7 Å². The van der Waals surface area contributed by atoms with Crippen LogP contribution in [0.25, 0.3) is 0 Å². The molecule has 1 aromatic rings. The number of nitrogens with zero attached hydrogens (tertiary/aromatic N) is 2. The molecule has 0 aliphatic heterocycles. The summed E-state index contributed by atoms with van der Waals surface area (Å²) < 4.78 is 0. The van der Waals surface area contributed by atoms with E-state index in [1.165, 1.54) is 9.80 Å². The third kappa shape index (κ3) is 8.62. The maximum Gasteiger partial charge on any atom is 0.243 e. The molecule has 1 atom stereocenters. The number of guanidine groups is 1. The van der Waals surface area contributed by atoms with Crippen molar-refractivity contribution in [2.75, 3.05) is 33.7 Å². The fourth-order valence-electron chi connectivity index (χ4n) is 1.71. The zero-order valence-electron chi connectivity index (χ0n) is 15.0. The first-order valence-electron chi connectivity index (χ1n) is 7.97. The standard InChI is InChI=1S/C18H28N4OS/c1-14(2)11-19-18(21-13-17(23)22(4)5)20-12-15(3)24-16-9-7-6-8-10-16/h6-10,15H,1,11-13H2,2-5H3,(H2,19,20,21). The SMILES string of the molecule is C=C(C)CNC(=NCC(=O)N(C)C)NCC(C)Sc1ccccc1. The van der Waals surface area contributed by atoms with E-state index in [1.54, 1.807) is 25.9 Å². The molecule has 1 unspecified atom stereocenters. The lowest BCUT2D eigenvalue weighted by Gasteiger charge is -2.17. The van der Waals surface area contributed by atoms with E-state index < -0.39 is 0 Å². The van der Waals surface area contributed by atoms with Gasteiger partial charge in [-0.25, -0.2) is 4.99 Å². The maximum atomic E-state index is 11.7. The number of hydrogen-bond acceptors (Lipinski definition) is 3. The minimum atomic E-state index is -0.0295. The molecule has 0 aromatic heterocycles. The van der Waals surface area contributed by atoms with Crippen LogP contribution in [0.3, 0.4) is 0 Å². The minimum Gasteiger partial charge on any atom is -0.355 e. The van der Waals surface area contributed by atoms with Crippen molar-refractivity contribution in [1.82, 2.24) is 15.5 Å². The monoisotopic (exact) mass is 348 g/mol. The van der Waals surface area contributed by atoms with E-state index in [-0.39, 0.29) is 12.5 Å². The van der Waals surface area contributed by atoms with Gasteiger partial charge in [-0.1, -0.05) is 37.3 Å². The second-order valence-electron chi connectivity index (χ2n) is 5.89. The zero-order valence-corrected chi connectivity index (χ0v) is 15.8. The number of hydrogen-bond donors (Lipinski definition) is 2. The highest BCUT2D eigenvalue weighted by molar-refractivity contribution is 8.00. The predicted molar refractivity (Wildman–Crippen MR) is 104 cm³/mol. The average molecular weight is 349 g/mol. The van der Waals surface area contributed by atoms with E-state index in [0.717, 1.165) is 12.1 Å². The molecular weight excluding hydrogens is 320 g/mol. The van der Waals surface area contributed by atoms with Crippen LogP contribution in [0, 0.1) is 0 Å². The predicted octanol–water partition coefficient (Wildman–Crippen LogP) is 2.37. The number of carbonyl (C=O) groups excluding carboxylic acids is 1. The molecule has 1 rings (SSSR count). The van der Waals surface area contributed by atoms with Crippen molar-refractivity contribution < 1.29 is 4.79 Å². The molecule has 0 heterocycles. The Morgan fingerprint density at radius 1 is 1.29 bits per heavy atom. The first-order chi connectivity index (χ1) is 11.4. The summed E-state index contributed by atoms with van der Waals surface area (Å²) in [6.45, 7) is 9.48. The third-order valence-corrected chi connectivity index (χ3v) is 4.18. The van der Waals surface area contributed by atoms with Gasteiger partial charge in [-0.15, -0.1) is 11.8 Å². The third-order valence-electron chi connectivity index (χ3n) is 3.07. The first-order valence-corrected chi connectivity index (χ1v) is 8.85. The number of nitrogens with one attached hydrogen (secondary N) is 2. The molecule has 0 saturated carbocycles. The summed E-state index contributed by atoms with van der Waals surface area (Å²) in [6.07, 6.45) is 0. The Morgan fingerprint density at radius 3 is 2.54 bits per heavy atom. The van der Waals surface area contributed by atoms with Gasteiger partial charge in [0.2, 0.25) is 5.91 Å². The number of carbonyl (C=O) groups is 1. The summed E-state index contributed by atoms with van der Waals surface area (Å²) in [7, 11) is 3.45. The van der Waals surface area contributed by atoms with Gasteiger partial charge < -0.3 is 15.5 Å². The van der Waals surface area contributed by atoms with Gasteiger partial charge in [0, 0.05) is 37.3 Å². The molecule has 1 amide bonds. The summed E-state index contributed by atoms with van der Waals surface area (Å²) in [5, 5.41) is 6.86. The Hall–Kier alpha value is -1.95. The van der Waals surface area contributed by atoms with Crippen LogP contribution in [0.4, 0.5) is 0 Å². The van der Waals surface area contributed by atoms with Crippen LogP contribution in [0.2, 0.25) is 0 Å². The molecule has 24 heavy (non-hydrogen) atoms. The van der Waals surface area contributed by atoms with Gasteiger partial charge in [-0.3, -0.25) is 4.79 Å². The lowest BCUT2D eigenvalue weighted by molar-refractivity contribution is -0.127. The number of rotatable bonds is 8. The van der Waals surface area contributed by atoms with E-state index in [2.05, 4.69) is 41.3 Å². The van der Waals surface area contributed by atoms with Gasteiger partial charge in [0.25, 0.3) is 0 Å². The van der Waals surface area contributed by atoms with E-state index >= 15 is 0 Å². The normalized spacial score (nSPS) is 12.4. The van der Waals surface area contributed by atoms with Crippen LogP contribution in [0.15, 0.2) is 52.4 Å². The highest BCUT2D eigenvalue weighted by Crippen LogP contribution is 2.21. The molecule has 0 radical (unpaired) electrons. The fourth-order valence-corrected chi connectivity index (χ4v) is 2.66. The topological polar surface area (TPSA) is 56.7 Å². The zero-order chi connectivity index (χ0) is 17.9. The molecule has 2 N–H and O–H groups in total.